The van der Waals surface area contributed by atoms with E-state index in [0.29, 0.717) is 17.4 Å². The highest BCUT2D eigenvalue weighted by Crippen LogP contribution is 2.24. The standard InChI is InChI=1S/C25H39N3O2S/c1-2-16-28-17-14-21(15-18-28)27-25(30)22-12-8-9-13-23(22)31-19-24(29)26-20-10-6-4-3-5-7-11-20/h8-9,12-13,20-21H,2-7,10-11,14-19H2,1H3,(H,26,29)(H,27,30). The number of benzene rings is 1. The number of likely N-dealkylation sites (tertiary alicyclic amines) is 1. The molecule has 1 saturated heterocycles. The maximum absolute atomic E-state index is 12.9. The Morgan fingerprint density at radius 1 is 0.935 bits per heavy atom. The lowest BCUT2D eigenvalue weighted by Gasteiger charge is -2.32. The fourth-order valence-electron chi connectivity index (χ4n) is 4.67. The molecule has 2 amide bonds. The van der Waals surface area contributed by atoms with Crippen LogP contribution in [0, 0.1) is 0 Å². The van der Waals surface area contributed by atoms with Crippen molar-refractivity contribution in [1.29, 1.82) is 0 Å². The van der Waals surface area contributed by atoms with Gasteiger partial charge in [-0.1, -0.05) is 51.2 Å². The third-order valence-electron chi connectivity index (χ3n) is 6.42. The van der Waals surface area contributed by atoms with Crippen LogP contribution in [0.1, 0.15) is 81.5 Å². The first-order chi connectivity index (χ1) is 15.2. The number of nitrogens with one attached hydrogen (secondary N) is 2. The van der Waals surface area contributed by atoms with E-state index in [-0.39, 0.29) is 17.9 Å². The smallest absolute Gasteiger partial charge is 0.252 e. The van der Waals surface area contributed by atoms with Gasteiger partial charge >= 0.3 is 0 Å². The molecule has 1 aliphatic carbocycles. The summed E-state index contributed by atoms with van der Waals surface area (Å²) in [4.78, 5) is 28.8. The van der Waals surface area contributed by atoms with Gasteiger partial charge in [0.2, 0.25) is 5.91 Å². The summed E-state index contributed by atoms with van der Waals surface area (Å²) in [5.41, 5.74) is 0.683. The molecule has 172 valence electrons. The van der Waals surface area contributed by atoms with E-state index in [1.807, 2.05) is 24.3 Å². The number of hydrogen-bond acceptors (Lipinski definition) is 4. The lowest BCUT2D eigenvalue weighted by molar-refractivity contribution is -0.119. The average Bonchev–Trinajstić information content (AvgIpc) is 2.76. The van der Waals surface area contributed by atoms with Crippen LogP contribution in [0.15, 0.2) is 29.2 Å². The van der Waals surface area contributed by atoms with Crippen LogP contribution in [0.3, 0.4) is 0 Å². The first-order valence-electron chi connectivity index (χ1n) is 12.2. The third kappa shape index (κ3) is 8.15. The van der Waals surface area contributed by atoms with Crippen molar-refractivity contribution in [2.75, 3.05) is 25.4 Å². The molecule has 3 rings (SSSR count). The van der Waals surface area contributed by atoms with Crippen LogP contribution in [0.4, 0.5) is 0 Å². The van der Waals surface area contributed by atoms with Crippen molar-refractivity contribution in [3.05, 3.63) is 29.8 Å². The number of hydrogen-bond donors (Lipinski definition) is 2. The molecule has 2 N–H and O–H groups in total. The number of piperidine rings is 1. The minimum absolute atomic E-state index is 0.0162. The molecular formula is C25H39N3O2S. The van der Waals surface area contributed by atoms with E-state index in [9.17, 15) is 9.59 Å². The topological polar surface area (TPSA) is 61.4 Å². The van der Waals surface area contributed by atoms with Gasteiger partial charge in [0.05, 0.1) is 11.3 Å². The first-order valence-corrected chi connectivity index (χ1v) is 13.2. The summed E-state index contributed by atoms with van der Waals surface area (Å²) < 4.78 is 0. The zero-order valence-electron chi connectivity index (χ0n) is 19.0. The van der Waals surface area contributed by atoms with Crippen molar-refractivity contribution in [2.24, 2.45) is 0 Å². The third-order valence-corrected chi connectivity index (χ3v) is 7.50. The summed E-state index contributed by atoms with van der Waals surface area (Å²) in [5, 5.41) is 6.45. The predicted octanol–water partition coefficient (Wildman–Crippen LogP) is 4.61. The predicted molar refractivity (Wildman–Crippen MR) is 129 cm³/mol. The lowest BCUT2D eigenvalue weighted by atomic mass is 9.97. The molecule has 1 aliphatic heterocycles. The molecule has 2 fully saturated rings. The zero-order valence-corrected chi connectivity index (χ0v) is 19.9. The van der Waals surface area contributed by atoms with E-state index < -0.39 is 0 Å². The van der Waals surface area contributed by atoms with E-state index in [1.165, 1.54) is 50.3 Å². The minimum Gasteiger partial charge on any atom is -0.353 e. The molecule has 0 atom stereocenters. The van der Waals surface area contributed by atoms with Gasteiger partial charge in [0, 0.05) is 30.1 Å². The highest BCUT2D eigenvalue weighted by molar-refractivity contribution is 8.00. The Morgan fingerprint density at radius 2 is 1.58 bits per heavy atom. The molecule has 31 heavy (non-hydrogen) atoms. The molecular weight excluding hydrogens is 406 g/mol. The molecule has 0 spiro atoms. The fourth-order valence-corrected chi connectivity index (χ4v) is 5.53. The summed E-state index contributed by atoms with van der Waals surface area (Å²) in [6.45, 7) is 5.46. The number of carbonyl (C=O) groups excluding carboxylic acids is 2. The van der Waals surface area contributed by atoms with Crippen LogP contribution < -0.4 is 10.6 Å². The Morgan fingerprint density at radius 3 is 2.29 bits per heavy atom. The van der Waals surface area contributed by atoms with E-state index in [2.05, 4.69) is 22.5 Å². The van der Waals surface area contributed by atoms with Gasteiger partial charge in [0.1, 0.15) is 0 Å². The van der Waals surface area contributed by atoms with E-state index in [4.69, 9.17) is 0 Å². The van der Waals surface area contributed by atoms with Crippen molar-refractivity contribution in [2.45, 2.75) is 88.1 Å². The van der Waals surface area contributed by atoms with Gasteiger partial charge < -0.3 is 15.5 Å². The number of rotatable bonds is 8. The summed E-state index contributed by atoms with van der Waals surface area (Å²) in [7, 11) is 0. The Bertz CT molecular complexity index is 696. The Labute approximate surface area is 192 Å². The molecule has 1 aromatic rings. The van der Waals surface area contributed by atoms with E-state index in [1.54, 1.807) is 0 Å². The molecule has 5 nitrogen and oxygen atoms in total. The molecule has 0 aromatic heterocycles. The Balaban J connectivity index is 1.48. The van der Waals surface area contributed by atoms with Crippen LogP contribution in [-0.4, -0.2) is 54.2 Å². The van der Waals surface area contributed by atoms with Gasteiger partial charge in [0.25, 0.3) is 5.91 Å². The van der Waals surface area contributed by atoms with Crippen LogP contribution in [0.2, 0.25) is 0 Å². The highest BCUT2D eigenvalue weighted by Gasteiger charge is 2.22. The number of thioether (sulfide) groups is 1. The summed E-state index contributed by atoms with van der Waals surface area (Å²) in [5.74, 6) is 0.419. The average molecular weight is 446 g/mol. The highest BCUT2D eigenvalue weighted by atomic mass is 32.2. The van der Waals surface area contributed by atoms with Crippen molar-refractivity contribution >= 4 is 23.6 Å². The monoisotopic (exact) mass is 445 g/mol. The first kappa shape index (κ1) is 24.1. The van der Waals surface area contributed by atoms with Crippen molar-refractivity contribution in [3.8, 4) is 0 Å². The molecule has 1 aromatic carbocycles. The van der Waals surface area contributed by atoms with Crippen LogP contribution in [0.25, 0.3) is 0 Å². The largest absolute Gasteiger partial charge is 0.353 e. The molecule has 0 radical (unpaired) electrons. The second kappa shape index (κ2) is 13.1. The number of carbonyl (C=O) groups is 2. The second-order valence-corrected chi connectivity index (χ2v) is 10.0. The molecule has 1 saturated carbocycles. The van der Waals surface area contributed by atoms with Crippen molar-refractivity contribution in [1.82, 2.24) is 15.5 Å². The summed E-state index contributed by atoms with van der Waals surface area (Å²) >= 11 is 1.47. The zero-order chi connectivity index (χ0) is 21.9. The summed E-state index contributed by atoms with van der Waals surface area (Å²) in [6.07, 6.45) is 11.7. The fraction of sp³-hybridized carbons (Fsp3) is 0.680. The lowest BCUT2D eigenvalue weighted by Crippen LogP contribution is -2.44. The molecule has 1 heterocycles. The maximum Gasteiger partial charge on any atom is 0.252 e. The number of amides is 2. The quantitative estimate of drug-likeness (QED) is 0.574. The molecule has 2 aliphatic rings. The van der Waals surface area contributed by atoms with Gasteiger partial charge in [-0.3, -0.25) is 9.59 Å². The normalized spacial score (nSPS) is 19.4. The Kier molecular flexibility index (Phi) is 10.2. The van der Waals surface area contributed by atoms with Gasteiger partial charge in [-0.15, -0.1) is 11.8 Å². The molecule has 0 unspecified atom stereocenters. The SMILES string of the molecule is CCCN1CCC(NC(=O)c2ccccc2SCC(=O)NC2CCCCCCC2)CC1. The van der Waals surface area contributed by atoms with E-state index >= 15 is 0 Å². The summed E-state index contributed by atoms with van der Waals surface area (Å²) in [6, 6.07) is 8.21. The van der Waals surface area contributed by atoms with Crippen LogP contribution in [-0.2, 0) is 4.79 Å². The van der Waals surface area contributed by atoms with Crippen molar-refractivity contribution in [3.63, 3.8) is 0 Å². The van der Waals surface area contributed by atoms with Gasteiger partial charge in [-0.05, 0) is 50.8 Å². The van der Waals surface area contributed by atoms with Crippen LogP contribution in [0.5, 0.6) is 0 Å². The molecule has 0 bridgehead atoms. The maximum atomic E-state index is 12.9. The van der Waals surface area contributed by atoms with Crippen molar-refractivity contribution < 1.29 is 9.59 Å². The van der Waals surface area contributed by atoms with Gasteiger partial charge in [-0.2, -0.15) is 0 Å². The van der Waals surface area contributed by atoms with E-state index in [0.717, 1.165) is 50.2 Å². The van der Waals surface area contributed by atoms with Gasteiger partial charge in [0.15, 0.2) is 0 Å². The molecule has 6 heteroatoms. The van der Waals surface area contributed by atoms with Crippen LogP contribution >= 0.6 is 11.8 Å². The number of nitrogens with zero attached hydrogens (tertiary/aromatic N) is 1. The second-order valence-electron chi connectivity index (χ2n) is 8.98. The Hall–Kier alpha value is -1.53. The minimum atomic E-state index is -0.0162. The van der Waals surface area contributed by atoms with Gasteiger partial charge in [-0.25, -0.2) is 0 Å².